The van der Waals surface area contributed by atoms with Crippen molar-refractivity contribution in [3.63, 3.8) is 0 Å². The van der Waals surface area contributed by atoms with Crippen molar-refractivity contribution in [1.82, 2.24) is 0 Å². The van der Waals surface area contributed by atoms with Crippen LogP contribution < -0.4 is 17.2 Å². The highest BCUT2D eigenvalue weighted by Gasteiger charge is 2.50. The maximum absolute atomic E-state index is 6.05. The number of hydrogen-bond donors (Lipinski definition) is 3. The summed E-state index contributed by atoms with van der Waals surface area (Å²) in [6.45, 7) is 4.17. The second kappa shape index (κ2) is 6.79. The molecule has 0 saturated carbocycles. The highest BCUT2D eigenvalue weighted by atomic mass is 28.4. The molecule has 0 aliphatic carbocycles. The van der Waals surface area contributed by atoms with Gasteiger partial charge in [-0.1, -0.05) is 0 Å². The first-order valence-corrected chi connectivity index (χ1v) is 7.64. The summed E-state index contributed by atoms with van der Waals surface area (Å²) in [5.41, 5.74) is 17.5. The average Bonchev–Trinajstić information content (AvgIpc) is 2.31. The third-order valence-electron chi connectivity index (χ3n) is 3.67. The monoisotopic (exact) mass is 265 g/mol. The van der Waals surface area contributed by atoms with E-state index in [4.69, 9.17) is 30.5 Å². The van der Waals surface area contributed by atoms with Crippen LogP contribution in [0.4, 0.5) is 0 Å². The maximum Gasteiger partial charge on any atom is 0.500 e. The highest BCUT2D eigenvalue weighted by Crippen LogP contribution is 2.34. The average molecular weight is 265 g/mol. The molecule has 0 rings (SSSR count). The lowest BCUT2D eigenvalue weighted by Gasteiger charge is -2.43. The second-order valence-electron chi connectivity index (χ2n) is 4.49. The van der Waals surface area contributed by atoms with Gasteiger partial charge in [0.2, 0.25) is 0 Å². The summed E-state index contributed by atoms with van der Waals surface area (Å²) in [6.07, 6.45) is 0. The molecule has 0 spiro atoms. The van der Waals surface area contributed by atoms with Gasteiger partial charge in [-0.3, -0.25) is 0 Å². The largest absolute Gasteiger partial charge is 0.500 e. The van der Waals surface area contributed by atoms with Gasteiger partial charge in [0, 0.05) is 51.4 Å². The standard InChI is InChI=1S/C10H27N3O3Si/c1-8(12)10(6-11,9(2)13)7-17(14-3,15-4)16-5/h8-9H,6-7,11-13H2,1-5H3. The topological polar surface area (TPSA) is 106 Å². The molecule has 2 unspecified atom stereocenters. The third kappa shape index (κ3) is 3.47. The van der Waals surface area contributed by atoms with E-state index in [2.05, 4.69) is 0 Å². The molecule has 0 aromatic rings. The number of hydrogen-bond acceptors (Lipinski definition) is 6. The predicted octanol–water partition coefficient (Wildman–Crippen LogP) is -0.496. The van der Waals surface area contributed by atoms with E-state index in [9.17, 15) is 0 Å². The molecule has 0 aliphatic rings. The maximum atomic E-state index is 6.05. The van der Waals surface area contributed by atoms with Gasteiger partial charge >= 0.3 is 8.80 Å². The first-order valence-electron chi connectivity index (χ1n) is 5.70. The molecule has 0 heterocycles. The van der Waals surface area contributed by atoms with Gasteiger partial charge in [-0.05, 0) is 13.8 Å². The van der Waals surface area contributed by atoms with Crippen molar-refractivity contribution in [2.75, 3.05) is 27.9 Å². The normalized spacial score (nSPS) is 19.8. The molecule has 0 aromatic carbocycles. The van der Waals surface area contributed by atoms with Gasteiger partial charge in [0.15, 0.2) is 0 Å². The lowest BCUT2D eigenvalue weighted by atomic mass is 9.77. The first kappa shape index (κ1) is 17.0. The van der Waals surface area contributed by atoms with Crippen LogP contribution in [0.3, 0.4) is 0 Å². The molecule has 6 N–H and O–H groups in total. The molecular formula is C10H27N3O3Si. The van der Waals surface area contributed by atoms with Crippen molar-refractivity contribution >= 4 is 8.80 Å². The van der Waals surface area contributed by atoms with Crippen LogP contribution in [-0.2, 0) is 13.3 Å². The van der Waals surface area contributed by atoms with Gasteiger partial charge in [0.05, 0.1) is 0 Å². The Balaban J connectivity index is 5.21. The molecule has 0 aliphatic heterocycles. The minimum absolute atomic E-state index is 0.167. The van der Waals surface area contributed by atoms with E-state index >= 15 is 0 Å². The Morgan fingerprint density at radius 3 is 1.53 bits per heavy atom. The first-order chi connectivity index (χ1) is 7.84. The summed E-state index contributed by atoms with van der Waals surface area (Å²) < 4.78 is 16.3. The minimum atomic E-state index is -2.74. The Labute approximate surface area is 105 Å². The van der Waals surface area contributed by atoms with Crippen LogP contribution in [0.5, 0.6) is 0 Å². The fraction of sp³-hybridized carbons (Fsp3) is 1.00. The number of nitrogens with two attached hydrogens (primary N) is 3. The van der Waals surface area contributed by atoms with Crippen LogP contribution in [0, 0.1) is 5.41 Å². The summed E-state index contributed by atoms with van der Waals surface area (Å²) in [6, 6.07) is 0.176. The van der Waals surface area contributed by atoms with Crippen LogP contribution in [0.15, 0.2) is 0 Å². The van der Waals surface area contributed by atoms with E-state index in [0.29, 0.717) is 12.6 Å². The predicted molar refractivity (Wildman–Crippen MR) is 70.4 cm³/mol. The van der Waals surface area contributed by atoms with Crippen LogP contribution in [0.25, 0.3) is 0 Å². The molecule has 0 aromatic heterocycles. The SMILES string of the molecule is CO[Si](CC(CN)(C(C)N)C(C)N)(OC)OC. The quantitative estimate of drug-likeness (QED) is 0.511. The van der Waals surface area contributed by atoms with E-state index in [1.165, 1.54) is 0 Å². The zero-order valence-corrected chi connectivity index (χ0v) is 12.5. The van der Waals surface area contributed by atoms with Crippen LogP contribution in [0.1, 0.15) is 13.8 Å². The van der Waals surface area contributed by atoms with Gasteiger partial charge in [0.1, 0.15) is 0 Å². The lowest BCUT2D eigenvalue weighted by molar-refractivity contribution is 0.0944. The second-order valence-corrected chi connectivity index (χ2v) is 7.43. The minimum Gasteiger partial charge on any atom is -0.377 e. The van der Waals surface area contributed by atoms with Crippen molar-refractivity contribution in [2.45, 2.75) is 32.0 Å². The van der Waals surface area contributed by atoms with Crippen molar-refractivity contribution in [2.24, 2.45) is 22.6 Å². The van der Waals surface area contributed by atoms with E-state index in [-0.39, 0.29) is 12.1 Å². The molecule has 104 valence electrons. The van der Waals surface area contributed by atoms with E-state index < -0.39 is 14.2 Å². The van der Waals surface area contributed by atoms with Crippen LogP contribution in [0.2, 0.25) is 6.04 Å². The number of rotatable bonds is 8. The summed E-state index contributed by atoms with van der Waals surface area (Å²) in [5.74, 6) is 0. The molecule has 2 atom stereocenters. The molecule has 6 nitrogen and oxygen atoms in total. The molecule has 7 heteroatoms. The van der Waals surface area contributed by atoms with Gasteiger partial charge in [0.25, 0.3) is 0 Å². The Bertz CT molecular complexity index is 207. The highest BCUT2D eigenvalue weighted by molar-refractivity contribution is 6.60. The Hall–Kier alpha value is -0.0231. The Morgan fingerprint density at radius 2 is 1.35 bits per heavy atom. The van der Waals surface area contributed by atoms with E-state index in [1.54, 1.807) is 21.3 Å². The summed E-state index contributed by atoms with van der Waals surface area (Å²) in [4.78, 5) is 0. The van der Waals surface area contributed by atoms with Gasteiger partial charge in [-0.2, -0.15) is 0 Å². The molecule has 0 saturated heterocycles. The summed E-state index contributed by atoms with van der Waals surface area (Å²) >= 11 is 0. The summed E-state index contributed by atoms with van der Waals surface area (Å²) in [7, 11) is 1.98. The van der Waals surface area contributed by atoms with Crippen LogP contribution >= 0.6 is 0 Å². The van der Waals surface area contributed by atoms with Crippen molar-refractivity contribution < 1.29 is 13.3 Å². The van der Waals surface area contributed by atoms with E-state index in [0.717, 1.165) is 0 Å². The molecule has 0 bridgehead atoms. The van der Waals surface area contributed by atoms with Crippen molar-refractivity contribution in [3.8, 4) is 0 Å². The molecular weight excluding hydrogens is 238 g/mol. The molecule has 17 heavy (non-hydrogen) atoms. The molecule has 0 radical (unpaired) electrons. The zero-order chi connectivity index (χ0) is 13.7. The smallest absolute Gasteiger partial charge is 0.377 e. The fourth-order valence-electron chi connectivity index (χ4n) is 2.05. The Morgan fingerprint density at radius 1 is 1.00 bits per heavy atom. The third-order valence-corrected chi connectivity index (χ3v) is 6.63. The van der Waals surface area contributed by atoms with Crippen LogP contribution in [-0.4, -0.2) is 48.8 Å². The lowest BCUT2D eigenvalue weighted by Crippen LogP contribution is -2.61. The molecule has 0 amide bonds. The van der Waals surface area contributed by atoms with Gasteiger partial charge in [-0.15, -0.1) is 0 Å². The van der Waals surface area contributed by atoms with E-state index in [1.807, 2.05) is 13.8 Å². The fourth-order valence-corrected chi connectivity index (χ4v) is 4.58. The molecule has 0 fully saturated rings. The Kier molecular flexibility index (Phi) is 6.78. The van der Waals surface area contributed by atoms with Crippen molar-refractivity contribution in [3.05, 3.63) is 0 Å². The van der Waals surface area contributed by atoms with Crippen molar-refractivity contribution in [1.29, 1.82) is 0 Å². The van der Waals surface area contributed by atoms with Gasteiger partial charge in [-0.25, -0.2) is 0 Å². The zero-order valence-electron chi connectivity index (χ0n) is 11.5. The van der Waals surface area contributed by atoms with Gasteiger partial charge < -0.3 is 30.5 Å². The summed E-state index contributed by atoms with van der Waals surface area (Å²) in [5, 5.41) is 0.